The van der Waals surface area contributed by atoms with Crippen LogP contribution in [0.3, 0.4) is 0 Å². The lowest BCUT2D eigenvalue weighted by Crippen LogP contribution is -2.44. The predicted molar refractivity (Wildman–Crippen MR) is 94.1 cm³/mol. The maximum Gasteiger partial charge on any atom is 0.250 e. The van der Waals surface area contributed by atoms with Crippen molar-refractivity contribution in [2.24, 2.45) is 0 Å². The van der Waals surface area contributed by atoms with Crippen molar-refractivity contribution in [3.05, 3.63) is 46.8 Å². The molecule has 2 heterocycles. The minimum absolute atomic E-state index is 0.165. The topological polar surface area (TPSA) is 91.5 Å². The fourth-order valence-electron chi connectivity index (χ4n) is 2.86. The first kappa shape index (κ1) is 16.5. The van der Waals surface area contributed by atoms with Crippen molar-refractivity contribution in [3.8, 4) is 11.3 Å². The highest BCUT2D eigenvalue weighted by atomic mass is 32.2. The first-order valence-electron chi connectivity index (χ1n) is 7.64. The minimum Gasteiger partial charge on any atom is -0.377 e. The summed E-state index contributed by atoms with van der Waals surface area (Å²) in [5.41, 5.74) is 2.18. The van der Waals surface area contributed by atoms with Gasteiger partial charge in [0.2, 0.25) is 16.4 Å². The number of nitrogens with zero attached hydrogens (tertiary/aromatic N) is 1. The number of aromatic amines is 1. The summed E-state index contributed by atoms with van der Waals surface area (Å²) in [7, 11) is -2.79. The molecule has 0 bridgehead atoms. The number of nitrogens with one attached hydrogen (secondary N) is 2. The van der Waals surface area contributed by atoms with Gasteiger partial charge in [0.25, 0.3) is 0 Å². The molecule has 2 aromatic rings. The number of benzene rings is 1. The lowest BCUT2D eigenvalue weighted by Gasteiger charge is -2.35. The lowest BCUT2D eigenvalue weighted by atomic mass is 10.1. The Kier molecular flexibility index (Phi) is 4.86. The lowest BCUT2D eigenvalue weighted by molar-refractivity contribution is 0.0989. The highest BCUT2D eigenvalue weighted by molar-refractivity contribution is 7.73. The van der Waals surface area contributed by atoms with Crippen LogP contribution in [0.2, 0.25) is 0 Å². The molecule has 3 rings (SSSR count). The molecular weight excluding hydrogens is 330 g/mol. The summed E-state index contributed by atoms with van der Waals surface area (Å²) in [6.45, 7) is 3.96. The van der Waals surface area contributed by atoms with Gasteiger partial charge in [-0.1, -0.05) is 18.2 Å². The van der Waals surface area contributed by atoms with Crippen molar-refractivity contribution in [3.63, 3.8) is 0 Å². The molecule has 0 amide bonds. The normalized spacial score (nSPS) is 17.9. The summed E-state index contributed by atoms with van der Waals surface area (Å²) >= 11 is 0. The van der Waals surface area contributed by atoms with E-state index in [1.807, 2.05) is 13.0 Å². The average Bonchev–Trinajstić information content (AvgIpc) is 2.54. The van der Waals surface area contributed by atoms with E-state index in [1.165, 1.54) is 0 Å². The van der Waals surface area contributed by atoms with Gasteiger partial charge in [0.05, 0.1) is 24.6 Å². The number of para-hydroxylation sites is 1. The third-order valence-electron chi connectivity index (χ3n) is 3.96. The second-order valence-corrected chi connectivity index (χ2v) is 6.39. The van der Waals surface area contributed by atoms with E-state index in [4.69, 9.17) is 4.74 Å². The van der Waals surface area contributed by atoms with E-state index < -0.39 is 10.9 Å². The largest absolute Gasteiger partial charge is 0.377 e. The van der Waals surface area contributed by atoms with Gasteiger partial charge in [0.15, 0.2) is 0 Å². The number of morpholine rings is 1. The van der Waals surface area contributed by atoms with Gasteiger partial charge < -0.3 is 14.6 Å². The van der Waals surface area contributed by atoms with Crippen LogP contribution in [0.1, 0.15) is 6.92 Å². The van der Waals surface area contributed by atoms with Gasteiger partial charge in [-0.15, -0.1) is 0 Å². The van der Waals surface area contributed by atoms with Crippen molar-refractivity contribution in [2.45, 2.75) is 13.0 Å². The van der Waals surface area contributed by atoms with Gasteiger partial charge in [0, 0.05) is 29.9 Å². The molecule has 0 aliphatic carbocycles. The van der Waals surface area contributed by atoms with Crippen LogP contribution in [0, 0.1) is 0 Å². The molecule has 1 atom stereocenters. The summed E-state index contributed by atoms with van der Waals surface area (Å²) in [6.07, 6.45) is 0. The average molecular weight is 349 g/mol. The van der Waals surface area contributed by atoms with Crippen LogP contribution in [0.15, 0.2) is 41.2 Å². The van der Waals surface area contributed by atoms with Gasteiger partial charge in [-0.2, -0.15) is 0 Å². The number of anilines is 2. The maximum atomic E-state index is 12.1. The van der Waals surface area contributed by atoms with Crippen LogP contribution < -0.4 is 15.2 Å². The maximum absolute atomic E-state index is 12.1. The van der Waals surface area contributed by atoms with Gasteiger partial charge in [-0.3, -0.25) is 9.52 Å². The molecule has 7 nitrogen and oxygen atoms in total. The van der Waals surface area contributed by atoms with E-state index in [9.17, 15) is 13.2 Å². The molecule has 1 saturated heterocycles. The second-order valence-electron chi connectivity index (χ2n) is 5.65. The standard InChI is InChI=1S/C16H19N3O4S/c1-11-10-23-7-6-19(11)12-8-15(17-16(20)9-12)13-4-2-3-5-14(13)18-24(21)22/h2-5,8-9,11,24H,6-7,10H2,1H3,(H,17,20)(H,18,21,22)/t11-/m1/s1. The number of ether oxygens (including phenoxy) is 1. The molecule has 128 valence electrons. The van der Waals surface area contributed by atoms with Crippen LogP contribution >= 0.6 is 0 Å². The molecule has 0 unspecified atom stereocenters. The summed E-state index contributed by atoms with van der Waals surface area (Å²) in [6, 6.07) is 10.5. The summed E-state index contributed by atoms with van der Waals surface area (Å²) in [5, 5.41) is 0. The Hall–Kier alpha value is -2.32. The smallest absolute Gasteiger partial charge is 0.250 e. The number of aromatic nitrogens is 1. The Morgan fingerprint density at radius 3 is 2.83 bits per heavy atom. The van der Waals surface area contributed by atoms with Gasteiger partial charge in [-0.25, -0.2) is 8.42 Å². The number of hydrogen-bond donors (Lipinski definition) is 3. The quantitative estimate of drug-likeness (QED) is 0.722. The van der Waals surface area contributed by atoms with Gasteiger partial charge >= 0.3 is 0 Å². The van der Waals surface area contributed by atoms with Crippen molar-refractivity contribution in [2.75, 3.05) is 29.4 Å². The van der Waals surface area contributed by atoms with Crippen molar-refractivity contribution < 1.29 is 13.2 Å². The zero-order valence-corrected chi connectivity index (χ0v) is 14.1. The third kappa shape index (κ3) is 3.60. The van der Waals surface area contributed by atoms with E-state index in [2.05, 4.69) is 14.6 Å². The molecule has 1 aliphatic rings. The van der Waals surface area contributed by atoms with Gasteiger partial charge in [-0.05, 0) is 19.1 Å². The number of rotatable bonds is 4. The molecule has 1 aromatic heterocycles. The van der Waals surface area contributed by atoms with Crippen molar-refractivity contribution >= 4 is 22.3 Å². The molecule has 1 aromatic carbocycles. The molecule has 0 spiro atoms. The molecule has 1 aliphatic heterocycles. The van der Waals surface area contributed by atoms with E-state index in [0.29, 0.717) is 36.7 Å². The number of pyridine rings is 1. The number of hydrogen-bond acceptors (Lipinski definition) is 5. The van der Waals surface area contributed by atoms with Crippen molar-refractivity contribution in [1.82, 2.24) is 4.98 Å². The third-order valence-corrected chi connectivity index (χ3v) is 4.38. The molecule has 0 saturated carbocycles. The number of H-pyrrole nitrogens is 1. The highest BCUT2D eigenvalue weighted by Crippen LogP contribution is 2.29. The van der Waals surface area contributed by atoms with E-state index in [1.54, 1.807) is 30.3 Å². The minimum atomic E-state index is -2.79. The molecule has 1 fully saturated rings. The second kappa shape index (κ2) is 7.06. The molecular formula is C16H19N3O4S. The SMILES string of the molecule is C[C@@H]1COCCN1c1cc(-c2ccccc2N[SH](=O)=O)[nH]c(=O)c1. The zero-order valence-electron chi connectivity index (χ0n) is 13.2. The molecule has 0 radical (unpaired) electrons. The van der Waals surface area contributed by atoms with Crippen LogP contribution in [0.4, 0.5) is 11.4 Å². The van der Waals surface area contributed by atoms with E-state index in [0.717, 1.165) is 5.69 Å². The highest BCUT2D eigenvalue weighted by Gasteiger charge is 2.20. The van der Waals surface area contributed by atoms with Crippen LogP contribution in [-0.2, 0) is 15.6 Å². The summed E-state index contributed by atoms with van der Waals surface area (Å²) < 4.78 is 29.9. The summed E-state index contributed by atoms with van der Waals surface area (Å²) in [4.78, 5) is 17.0. The zero-order chi connectivity index (χ0) is 17.1. The molecule has 8 heteroatoms. The van der Waals surface area contributed by atoms with E-state index in [-0.39, 0.29) is 11.6 Å². The first-order valence-corrected chi connectivity index (χ1v) is 8.81. The Labute approximate surface area is 141 Å². The fourth-order valence-corrected chi connectivity index (χ4v) is 3.26. The molecule has 2 N–H and O–H groups in total. The van der Waals surface area contributed by atoms with Crippen LogP contribution in [-0.4, -0.2) is 39.2 Å². The number of thiol groups is 1. The Morgan fingerprint density at radius 2 is 2.08 bits per heavy atom. The summed E-state index contributed by atoms with van der Waals surface area (Å²) in [5.74, 6) is 0. The Balaban J connectivity index is 2.05. The van der Waals surface area contributed by atoms with E-state index >= 15 is 0 Å². The van der Waals surface area contributed by atoms with Gasteiger partial charge in [0.1, 0.15) is 0 Å². The van der Waals surface area contributed by atoms with Crippen molar-refractivity contribution in [1.29, 1.82) is 0 Å². The van der Waals surface area contributed by atoms with Crippen LogP contribution in [0.25, 0.3) is 11.3 Å². The van der Waals surface area contributed by atoms with Crippen LogP contribution in [0.5, 0.6) is 0 Å². The fraction of sp³-hybridized carbons (Fsp3) is 0.312. The predicted octanol–water partition coefficient (Wildman–Crippen LogP) is 1.21. The first-order chi connectivity index (χ1) is 11.5. The Bertz CT molecular complexity index is 854. The monoisotopic (exact) mass is 349 g/mol. The molecule has 24 heavy (non-hydrogen) atoms. The Morgan fingerprint density at radius 1 is 1.29 bits per heavy atom.